The van der Waals surface area contributed by atoms with Gasteiger partial charge < -0.3 is 4.90 Å². The van der Waals surface area contributed by atoms with Crippen LogP contribution in [0.4, 0.5) is 0 Å². The molecule has 7 heteroatoms. The summed E-state index contributed by atoms with van der Waals surface area (Å²) in [4.78, 5) is 17.4. The molecular formula is C20H22N6O. The summed E-state index contributed by atoms with van der Waals surface area (Å²) in [7, 11) is 0. The lowest BCUT2D eigenvalue weighted by Gasteiger charge is -2.34. The number of benzene rings is 2. The second-order valence-electron chi connectivity index (χ2n) is 7.37. The highest BCUT2D eigenvalue weighted by Crippen LogP contribution is 2.34. The Labute approximate surface area is 157 Å². The number of rotatable bonds is 4. The van der Waals surface area contributed by atoms with E-state index in [1.807, 2.05) is 52.0 Å². The van der Waals surface area contributed by atoms with Gasteiger partial charge in [0.2, 0.25) is 0 Å². The topological polar surface area (TPSA) is 67.2 Å². The maximum atomic E-state index is 13.1. The number of aromatic nitrogens is 4. The molecule has 1 amide bonds. The highest BCUT2D eigenvalue weighted by atomic mass is 16.2. The third-order valence-corrected chi connectivity index (χ3v) is 5.50. The van der Waals surface area contributed by atoms with Crippen molar-refractivity contribution in [3.63, 3.8) is 0 Å². The van der Waals surface area contributed by atoms with E-state index in [1.54, 1.807) is 0 Å². The zero-order chi connectivity index (χ0) is 18.2. The van der Waals surface area contributed by atoms with Crippen LogP contribution in [-0.4, -0.2) is 62.1 Å². The lowest BCUT2D eigenvalue weighted by Crippen LogP contribution is -2.48. The van der Waals surface area contributed by atoms with Crippen LogP contribution in [0.25, 0.3) is 10.8 Å². The first-order valence-electron chi connectivity index (χ1n) is 9.56. The maximum Gasteiger partial charge on any atom is 0.254 e. The minimum absolute atomic E-state index is 0.120. The van der Waals surface area contributed by atoms with Crippen LogP contribution in [0.15, 0.2) is 42.5 Å². The van der Waals surface area contributed by atoms with Gasteiger partial charge in [0.15, 0.2) is 5.82 Å². The Bertz CT molecular complexity index is 966. The highest BCUT2D eigenvalue weighted by molar-refractivity contribution is 6.07. The molecule has 1 saturated carbocycles. The molecule has 0 radical (unpaired) electrons. The molecule has 2 aliphatic rings. The number of tetrazole rings is 1. The van der Waals surface area contributed by atoms with Gasteiger partial charge in [-0.1, -0.05) is 36.4 Å². The summed E-state index contributed by atoms with van der Waals surface area (Å²) in [5, 5.41) is 14.3. The Morgan fingerprint density at radius 1 is 1.00 bits per heavy atom. The van der Waals surface area contributed by atoms with Crippen LogP contribution in [0.1, 0.15) is 35.1 Å². The molecule has 27 heavy (non-hydrogen) atoms. The predicted molar refractivity (Wildman–Crippen MR) is 101 cm³/mol. The molecule has 2 aromatic carbocycles. The third kappa shape index (κ3) is 3.19. The van der Waals surface area contributed by atoms with Gasteiger partial charge in [-0.05, 0) is 40.1 Å². The molecule has 1 aliphatic carbocycles. The molecule has 0 bridgehead atoms. The van der Waals surface area contributed by atoms with E-state index in [1.165, 1.54) is 12.8 Å². The molecule has 0 spiro atoms. The molecule has 0 N–H and O–H groups in total. The number of hydrogen-bond acceptors (Lipinski definition) is 5. The Morgan fingerprint density at radius 2 is 1.78 bits per heavy atom. The molecular weight excluding hydrogens is 340 g/mol. The van der Waals surface area contributed by atoms with E-state index < -0.39 is 0 Å². The van der Waals surface area contributed by atoms with Crippen LogP contribution >= 0.6 is 0 Å². The summed E-state index contributed by atoms with van der Waals surface area (Å²) in [5.74, 6) is 1.06. The molecule has 138 valence electrons. The van der Waals surface area contributed by atoms with E-state index in [4.69, 9.17) is 0 Å². The fraction of sp³-hybridized carbons (Fsp3) is 0.400. The molecule has 0 unspecified atom stereocenters. The number of carbonyl (C=O) groups excluding carboxylic acids is 1. The molecule has 1 aliphatic heterocycles. The van der Waals surface area contributed by atoms with Crippen molar-refractivity contribution >= 4 is 16.7 Å². The normalized spacial score (nSPS) is 18.1. The molecule has 2 heterocycles. The van der Waals surface area contributed by atoms with E-state index in [-0.39, 0.29) is 5.91 Å². The van der Waals surface area contributed by atoms with Crippen molar-refractivity contribution in [3.8, 4) is 0 Å². The number of carbonyl (C=O) groups is 1. The largest absolute Gasteiger partial charge is 0.336 e. The van der Waals surface area contributed by atoms with Crippen molar-refractivity contribution in [2.45, 2.75) is 25.4 Å². The Kier molecular flexibility index (Phi) is 4.09. The summed E-state index contributed by atoms with van der Waals surface area (Å²) in [6.45, 7) is 3.89. The van der Waals surface area contributed by atoms with E-state index in [0.29, 0.717) is 6.04 Å². The van der Waals surface area contributed by atoms with Gasteiger partial charge in [0.05, 0.1) is 12.6 Å². The molecule has 5 rings (SSSR count). The summed E-state index contributed by atoms with van der Waals surface area (Å²) in [6, 6.07) is 14.5. The first-order chi connectivity index (χ1) is 13.3. The summed E-state index contributed by atoms with van der Waals surface area (Å²) in [6.07, 6.45) is 2.34. The highest BCUT2D eigenvalue weighted by Gasteiger charge is 2.29. The van der Waals surface area contributed by atoms with Gasteiger partial charge in [0, 0.05) is 31.7 Å². The first kappa shape index (κ1) is 16.4. The second kappa shape index (κ2) is 6.74. The average molecular weight is 362 g/mol. The zero-order valence-corrected chi connectivity index (χ0v) is 15.2. The van der Waals surface area contributed by atoms with Crippen molar-refractivity contribution in [2.24, 2.45) is 0 Å². The van der Waals surface area contributed by atoms with E-state index in [2.05, 4.69) is 20.4 Å². The summed E-state index contributed by atoms with van der Waals surface area (Å²) in [5.41, 5.74) is 0.791. The molecule has 3 aromatic rings. The standard InChI is InChI=1S/C20H22N6O/c27-20(18-7-3-5-15-4-1-2-6-17(15)18)25-12-10-24(11-13-25)14-19-21-22-23-26(19)16-8-9-16/h1-7,16H,8-14H2. The van der Waals surface area contributed by atoms with Crippen molar-refractivity contribution < 1.29 is 4.79 Å². The van der Waals surface area contributed by atoms with Gasteiger partial charge in [-0.2, -0.15) is 0 Å². The lowest BCUT2D eigenvalue weighted by molar-refractivity contribution is 0.0625. The van der Waals surface area contributed by atoms with Gasteiger partial charge in [-0.25, -0.2) is 4.68 Å². The quantitative estimate of drug-likeness (QED) is 0.711. The Hall–Kier alpha value is -2.80. The third-order valence-electron chi connectivity index (χ3n) is 5.50. The number of piperazine rings is 1. The number of fused-ring (bicyclic) bond motifs is 1. The summed E-state index contributed by atoms with van der Waals surface area (Å²) < 4.78 is 1.97. The number of amides is 1. The number of hydrogen-bond donors (Lipinski definition) is 0. The predicted octanol–water partition coefficient (Wildman–Crippen LogP) is 2.12. The Morgan fingerprint density at radius 3 is 2.59 bits per heavy atom. The van der Waals surface area contributed by atoms with Gasteiger partial charge in [0.1, 0.15) is 0 Å². The maximum absolute atomic E-state index is 13.1. The van der Waals surface area contributed by atoms with E-state index in [0.717, 1.165) is 54.9 Å². The van der Waals surface area contributed by atoms with Crippen LogP contribution in [0, 0.1) is 0 Å². The molecule has 1 saturated heterocycles. The minimum Gasteiger partial charge on any atom is -0.336 e. The van der Waals surface area contributed by atoms with E-state index >= 15 is 0 Å². The first-order valence-corrected chi connectivity index (χ1v) is 9.56. The van der Waals surface area contributed by atoms with Crippen LogP contribution in [-0.2, 0) is 6.54 Å². The van der Waals surface area contributed by atoms with Gasteiger partial charge in [-0.3, -0.25) is 9.69 Å². The van der Waals surface area contributed by atoms with Crippen LogP contribution < -0.4 is 0 Å². The van der Waals surface area contributed by atoms with Crippen LogP contribution in [0.3, 0.4) is 0 Å². The monoisotopic (exact) mass is 362 g/mol. The SMILES string of the molecule is O=C(c1cccc2ccccc12)N1CCN(Cc2nnnn2C2CC2)CC1. The van der Waals surface area contributed by atoms with Gasteiger partial charge in [0.25, 0.3) is 5.91 Å². The smallest absolute Gasteiger partial charge is 0.254 e. The zero-order valence-electron chi connectivity index (χ0n) is 15.2. The van der Waals surface area contributed by atoms with Gasteiger partial charge in [-0.15, -0.1) is 5.10 Å². The Balaban J connectivity index is 1.26. The minimum atomic E-state index is 0.120. The van der Waals surface area contributed by atoms with Crippen molar-refractivity contribution in [1.29, 1.82) is 0 Å². The molecule has 7 nitrogen and oxygen atoms in total. The van der Waals surface area contributed by atoms with Crippen molar-refractivity contribution in [2.75, 3.05) is 26.2 Å². The fourth-order valence-corrected chi connectivity index (χ4v) is 3.81. The van der Waals surface area contributed by atoms with Crippen molar-refractivity contribution in [1.82, 2.24) is 30.0 Å². The molecule has 1 aromatic heterocycles. The fourth-order valence-electron chi connectivity index (χ4n) is 3.81. The lowest BCUT2D eigenvalue weighted by atomic mass is 10.0. The van der Waals surface area contributed by atoms with Crippen LogP contribution in [0.2, 0.25) is 0 Å². The number of nitrogens with zero attached hydrogens (tertiary/aromatic N) is 6. The summed E-state index contributed by atoms with van der Waals surface area (Å²) >= 11 is 0. The second-order valence-corrected chi connectivity index (χ2v) is 7.37. The van der Waals surface area contributed by atoms with E-state index in [9.17, 15) is 4.79 Å². The van der Waals surface area contributed by atoms with Gasteiger partial charge >= 0.3 is 0 Å². The van der Waals surface area contributed by atoms with Crippen molar-refractivity contribution in [3.05, 3.63) is 53.9 Å². The average Bonchev–Trinajstić information content (AvgIpc) is 3.46. The molecule has 0 atom stereocenters. The molecule has 2 fully saturated rings. The van der Waals surface area contributed by atoms with Crippen LogP contribution in [0.5, 0.6) is 0 Å².